The molecule has 2 amide bonds. The van der Waals surface area contributed by atoms with Crippen LogP contribution in [0.15, 0.2) is 72.6 Å². The number of allylic oxidation sites excluding steroid dienone is 4. The number of nitrogens with zero attached hydrogens (tertiary/aromatic N) is 2. The maximum atomic E-state index is 12.7. The molecule has 5 rings (SSSR count). The summed E-state index contributed by atoms with van der Waals surface area (Å²) in [6, 6.07) is 12.5. The second-order valence-electron chi connectivity index (χ2n) is 8.15. The van der Waals surface area contributed by atoms with Crippen molar-refractivity contribution in [3.63, 3.8) is 0 Å². The second kappa shape index (κ2) is 9.75. The van der Waals surface area contributed by atoms with Crippen molar-refractivity contribution in [3.8, 4) is 0 Å². The number of hydrogen-bond acceptors (Lipinski definition) is 5. The fraction of sp³-hybridized carbons (Fsp3) is 0.160. The summed E-state index contributed by atoms with van der Waals surface area (Å²) in [7, 11) is 0. The number of carbonyl (C=O) groups excluding carboxylic acids is 1. The van der Waals surface area contributed by atoms with Crippen LogP contribution in [0.25, 0.3) is 0 Å². The molecule has 1 aliphatic heterocycles. The van der Waals surface area contributed by atoms with Crippen molar-refractivity contribution in [2.75, 3.05) is 21.3 Å². The number of aryl methyl sites for hydroxylation is 1. The van der Waals surface area contributed by atoms with Gasteiger partial charge in [0.1, 0.15) is 5.02 Å². The smallest absolute Gasteiger partial charge is 0.323 e. The minimum atomic E-state index is -0.358. The van der Waals surface area contributed by atoms with E-state index in [1.807, 2.05) is 36.4 Å². The quantitative estimate of drug-likeness (QED) is 0.309. The van der Waals surface area contributed by atoms with Crippen LogP contribution in [0.3, 0.4) is 0 Å². The number of aromatic nitrogens is 2. The first-order chi connectivity index (χ1) is 16.5. The molecule has 6 bridgehead atoms. The molecule has 4 N–H and O–H groups in total. The van der Waals surface area contributed by atoms with Gasteiger partial charge in [-0.3, -0.25) is 0 Å². The van der Waals surface area contributed by atoms with Gasteiger partial charge in [0.05, 0.1) is 16.9 Å². The monoisotopic (exact) mass is 492 g/mol. The van der Waals surface area contributed by atoms with Crippen LogP contribution in [0.2, 0.25) is 10.0 Å². The molecule has 1 aromatic heterocycles. The Kier molecular flexibility index (Phi) is 6.38. The summed E-state index contributed by atoms with van der Waals surface area (Å²) in [6.45, 7) is 0. The molecular weight excluding hydrogens is 471 g/mol. The van der Waals surface area contributed by atoms with Crippen LogP contribution in [0, 0.1) is 5.92 Å². The lowest BCUT2D eigenvalue weighted by atomic mass is 9.91. The fourth-order valence-corrected chi connectivity index (χ4v) is 4.33. The van der Waals surface area contributed by atoms with Crippen molar-refractivity contribution in [2.45, 2.75) is 19.3 Å². The van der Waals surface area contributed by atoms with Crippen molar-refractivity contribution < 1.29 is 4.79 Å². The zero-order valence-corrected chi connectivity index (χ0v) is 19.6. The van der Waals surface area contributed by atoms with E-state index in [2.05, 4.69) is 43.4 Å². The summed E-state index contributed by atoms with van der Waals surface area (Å²) < 4.78 is 0. The number of benzene rings is 2. The van der Waals surface area contributed by atoms with Crippen LogP contribution in [0.4, 0.5) is 33.6 Å². The number of hydrogen-bond donors (Lipinski definition) is 4. The van der Waals surface area contributed by atoms with Gasteiger partial charge in [-0.25, -0.2) is 9.78 Å². The van der Waals surface area contributed by atoms with Crippen LogP contribution in [-0.2, 0) is 6.42 Å². The number of halogens is 2. The van der Waals surface area contributed by atoms with Gasteiger partial charge in [0.2, 0.25) is 5.95 Å². The van der Waals surface area contributed by atoms with Gasteiger partial charge in [0.25, 0.3) is 0 Å². The topological polar surface area (TPSA) is 91.0 Å². The van der Waals surface area contributed by atoms with E-state index >= 15 is 0 Å². The summed E-state index contributed by atoms with van der Waals surface area (Å²) in [6.07, 6.45) is 10.4. The Labute approximate surface area is 207 Å². The first kappa shape index (κ1) is 22.3. The van der Waals surface area contributed by atoms with Crippen LogP contribution < -0.4 is 21.3 Å². The van der Waals surface area contributed by atoms with E-state index in [0.29, 0.717) is 33.4 Å². The van der Waals surface area contributed by atoms with E-state index in [9.17, 15) is 4.79 Å². The molecule has 1 atom stereocenters. The molecule has 1 unspecified atom stereocenters. The number of carbonyl (C=O) groups is 1. The summed E-state index contributed by atoms with van der Waals surface area (Å²) in [5.41, 5.74) is 4.14. The third-order valence-electron chi connectivity index (χ3n) is 5.70. The Hall–Kier alpha value is -3.55. The van der Waals surface area contributed by atoms with Gasteiger partial charge in [-0.1, -0.05) is 47.5 Å². The molecule has 2 aliphatic rings. The Morgan fingerprint density at radius 2 is 1.88 bits per heavy atom. The summed E-state index contributed by atoms with van der Waals surface area (Å²) in [4.78, 5) is 21.5. The highest BCUT2D eigenvalue weighted by molar-refractivity contribution is 6.34. The van der Waals surface area contributed by atoms with Gasteiger partial charge in [-0.05, 0) is 67.2 Å². The standard InChI is InChI=1S/C25H22Cl2N6O/c26-19-6-1-2-7-22(19)32-25(34)31-21-11-10-18-13-16(21)9-8-15-4-3-5-17(12-15)30-24-28-14-20(27)23(29-18)33-24/h1-7,10-11,13-15H,8-9,12H2,(H2,31,32,34)(H2,28,29,30,33). The van der Waals surface area contributed by atoms with Crippen LogP contribution in [0.5, 0.6) is 0 Å². The van der Waals surface area contributed by atoms with E-state index in [1.165, 1.54) is 0 Å². The zero-order valence-electron chi connectivity index (χ0n) is 18.1. The van der Waals surface area contributed by atoms with Crippen molar-refractivity contribution in [1.82, 2.24) is 9.97 Å². The van der Waals surface area contributed by atoms with Gasteiger partial charge >= 0.3 is 6.03 Å². The van der Waals surface area contributed by atoms with E-state index in [1.54, 1.807) is 18.3 Å². The highest BCUT2D eigenvalue weighted by Gasteiger charge is 2.17. The predicted octanol–water partition coefficient (Wildman–Crippen LogP) is 6.99. The average molecular weight is 493 g/mol. The minimum Gasteiger partial charge on any atom is -0.339 e. The highest BCUT2D eigenvalue weighted by atomic mass is 35.5. The zero-order chi connectivity index (χ0) is 23.5. The maximum absolute atomic E-state index is 12.7. The van der Waals surface area contributed by atoms with Gasteiger partial charge in [-0.2, -0.15) is 4.98 Å². The van der Waals surface area contributed by atoms with Gasteiger partial charge in [-0.15, -0.1) is 0 Å². The Balaban J connectivity index is 1.44. The lowest BCUT2D eigenvalue weighted by molar-refractivity contribution is 0.262. The fourth-order valence-electron chi connectivity index (χ4n) is 4.01. The van der Waals surface area contributed by atoms with Crippen molar-refractivity contribution >= 4 is 58.1 Å². The number of anilines is 5. The van der Waals surface area contributed by atoms with Crippen LogP contribution >= 0.6 is 23.2 Å². The van der Waals surface area contributed by atoms with E-state index < -0.39 is 0 Å². The molecule has 1 aliphatic carbocycles. The number of nitrogens with one attached hydrogen (secondary N) is 4. The minimum absolute atomic E-state index is 0.349. The highest BCUT2D eigenvalue weighted by Crippen LogP contribution is 2.31. The molecule has 0 fully saturated rings. The largest absolute Gasteiger partial charge is 0.339 e. The molecule has 2 heterocycles. The predicted molar refractivity (Wildman–Crippen MR) is 138 cm³/mol. The molecular formula is C25H22Cl2N6O. The number of rotatable bonds is 2. The summed E-state index contributed by atoms with van der Waals surface area (Å²) in [5, 5.41) is 13.2. The average Bonchev–Trinajstić information content (AvgIpc) is 2.83. The molecule has 0 radical (unpaired) electrons. The third-order valence-corrected chi connectivity index (χ3v) is 6.31. The van der Waals surface area contributed by atoms with Crippen molar-refractivity contribution in [3.05, 3.63) is 88.2 Å². The molecule has 9 heteroatoms. The van der Waals surface area contributed by atoms with Crippen LogP contribution in [-0.4, -0.2) is 16.0 Å². The second-order valence-corrected chi connectivity index (χ2v) is 8.97. The lowest BCUT2D eigenvalue weighted by Gasteiger charge is -2.20. The van der Waals surface area contributed by atoms with E-state index in [0.717, 1.165) is 41.9 Å². The SMILES string of the molecule is O=C(Nc1ccccc1Cl)Nc1ccc2cc1CCC1C=CC=C(C1)Nc1ncc(Cl)c(n1)N2. The van der Waals surface area contributed by atoms with E-state index in [4.69, 9.17) is 23.2 Å². The number of fused-ring (bicyclic) bond motifs is 6. The molecule has 172 valence electrons. The molecule has 2 aromatic carbocycles. The lowest BCUT2D eigenvalue weighted by Crippen LogP contribution is -2.20. The molecule has 7 nitrogen and oxygen atoms in total. The molecule has 0 spiro atoms. The molecule has 0 saturated heterocycles. The van der Waals surface area contributed by atoms with Gasteiger partial charge in [0, 0.05) is 17.1 Å². The summed E-state index contributed by atoms with van der Waals surface area (Å²) in [5.74, 6) is 1.34. The third kappa shape index (κ3) is 5.16. The Bertz CT molecular complexity index is 1310. The van der Waals surface area contributed by atoms with Gasteiger partial charge in [0.15, 0.2) is 5.82 Å². The number of amides is 2. The number of para-hydroxylation sites is 1. The van der Waals surface area contributed by atoms with Crippen molar-refractivity contribution in [2.24, 2.45) is 5.92 Å². The van der Waals surface area contributed by atoms with Crippen molar-refractivity contribution in [1.29, 1.82) is 0 Å². The Morgan fingerprint density at radius 1 is 1.03 bits per heavy atom. The first-order valence-electron chi connectivity index (χ1n) is 10.9. The van der Waals surface area contributed by atoms with E-state index in [-0.39, 0.29) is 6.03 Å². The molecule has 0 saturated carbocycles. The summed E-state index contributed by atoms with van der Waals surface area (Å²) >= 11 is 12.5. The normalized spacial score (nSPS) is 16.5. The molecule has 3 aromatic rings. The Morgan fingerprint density at radius 3 is 2.76 bits per heavy atom. The first-order valence-corrected chi connectivity index (χ1v) is 11.7. The maximum Gasteiger partial charge on any atom is 0.323 e. The number of urea groups is 1. The molecule has 34 heavy (non-hydrogen) atoms. The van der Waals surface area contributed by atoms with Gasteiger partial charge < -0.3 is 21.3 Å². The van der Waals surface area contributed by atoms with Crippen LogP contribution in [0.1, 0.15) is 18.4 Å².